The Morgan fingerprint density at radius 3 is 2.77 bits per heavy atom. The van der Waals surface area contributed by atoms with Gasteiger partial charge in [0.1, 0.15) is 0 Å². The van der Waals surface area contributed by atoms with Crippen LogP contribution in [-0.2, 0) is 0 Å². The number of phenols is 1. The van der Waals surface area contributed by atoms with E-state index in [0.717, 1.165) is 42.5 Å². The zero-order valence-corrected chi connectivity index (χ0v) is 17.7. The standard InChI is InChI=1S/C24H27N3O4/c1-24-8-5-15-16-13-22(30-2)21(28)12-18(16)20(27-31-14-6-9-25-10-7-14)11-17(15)19(24)3-4-23(24)26-29/h6-7,9-13,15,17,19,23,27-28H,3-5,8H2,1-2H3/t15-,17-,19+,23?,24+/m1/s1. The number of pyridine rings is 1. The molecule has 5 atom stereocenters. The normalized spacial score (nSPS) is 31.0. The number of hydrogen-bond acceptors (Lipinski definition) is 7. The highest BCUT2D eigenvalue weighted by Gasteiger charge is 2.55. The largest absolute Gasteiger partial charge is 0.504 e. The van der Waals surface area contributed by atoms with Crippen LogP contribution >= 0.6 is 0 Å². The molecule has 5 rings (SSSR count). The van der Waals surface area contributed by atoms with Gasteiger partial charge >= 0.3 is 0 Å². The number of aromatic nitrogens is 1. The van der Waals surface area contributed by atoms with E-state index in [9.17, 15) is 10.0 Å². The van der Waals surface area contributed by atoms with Gasteiger partial charge in [-0.1, -0.05) is 18.2 Å². The number of phenolic OH excluding ortho intramolecular Hbond substituents is 1. The number of allylic oxidation sites excluding steroid dienone is 1. The van der Waals surface area contributed by atoms with Crippen LogP contribution in [0.5, 0.6) is 17.2 Å². The van der Waals surface area contributed by atoms with Gasteiger partial charge in [-0.05, 0) is 66.5 Å². The molecule has 7 nitrogen and oxygen atoms in total. The lowest BCUT2D eigenvalue weighted by Crippen LogP contribution is -2.43. The molecule has 2 fully saturated rings. The Morgan fingerprint density at radius 1 is 1.23 bits per heavy atom. The van der Waals surface area contributed by atoms with E-state index in [0.29, 0.717) is 23.3 Å². The first kappa shape index (κ1) is 19.8. The van der Waals surface area contributed by atoms with Crippen LogP contribution in [0, 0.1) is 22.2 Å². The Balaban J connectivity index is 1.55. The number of fused-ring (bicyclic) bond motifs is 5. The molecule has 3 aliphatic rings. The number of aromatic hydroxyl groups is 1. The second kappa shape index (κ2) is 7.55. The van der Waals surface area contributed by atoms with Gasteiger partial charge in [0, 0.05) is 30.1 Å². The molecular weight excluding hydrogens is 394 g/mol. The van der Waals surface area contributed by atoms with E-state index in [2.05, 4.69) is 28.6 Å². The molecule has 7 heteroatoms. The molecule has 1 unspecified atom stereocenters. The Bertz CT molecular complexity index is 1020. The van der Waals surface area contributed by atoms with Gasteiger partial charge in [-0.2, -0.15) is 4.91 Å². The van der Waals surface area contributed by atoms with Gasteiger partial charge in [0.15, 0.2) is 17.2 Å². The summed E-state index contributed by atoms with van der Waals surface area (Å²) in [6.07, 6.45) is 9.36. The van der Waals surface area contributed by atoms with E-state index in [1.165, 1.54) is 0 Å². The average molecular weight is 421 g/mol. The van der Waals surface area contributed by atoms with Crippen molar-refractivity contribution in [2.24, 2.45) is 22.4 Å². The summed E-state index contributed by atoms with van der Waals surface area (Å²) < 4.78 is 5.41. The lowest BCUT2D eigenvalue weighted by Gasteiger charge is -2.48. The molecule has 31 heavy (non-hydrogen) atoms. The van der Waals surface area contributed by atoms with Crippen LogP contribution in [0.1, 0.15) is 49.7 Å². The molecule has 1 aromatic carbocycles. The van der Waals surface area contributed by atoms with Gasteiger partial charge in [0.05, 0.1) is 18.8 Å². The van der Waals surface area contributed by atoms with E-state index < -0.39 is 0 Å². The number of nitrogens with zero attached hydrogens (tertiary/aromatic N) is 2. The predicted molar refractivity (Wildman–Crippen MR) is 117 cm³/mol. The molecule has 2 saturated carbocycles. The molecule has 0 radical (unpaired) electrons. The summed E-state index contributed by atoms with van der Waals surface area (Å²) in [5.41, 5.74) is 5.91. The number of nitrogens with one attached hydrogen (secondary N) is 1. The molecule has 1 heterocycles. The predicted octanol–water partition coefficient (Wildman–Crippen LogP) is 4.78. The smallest absolute Gasteiger partial charge is 0.160 e. The van der Waals surface area contributed by atoms with E-state index >= 15 is 0 Å². The third kappa shape index (κ3) is 3.14. The van der Waals surface area contributed by atoms with Crippen LogP contribution in [0.3, 0.4) is 0 Å². The molecule has 0 bridgehead atoms. The van der Waals surface area contributed by atoms with Gasteiger partial charge in [-0.3, -0.25) is 4.98 Å². The van der Waals surface area contributed by atoms with Gasteiger partial charge in [0.25, 0.3) is 0 Å². The van der Waals surface area contributed by atoms with Crippen LogP contribution in [0.15, 0.2) is 47.9 Å². The number of hydroxylamine groups is 1. The third-order valence-electron chi connectivity index (χ3n) is 7.74. The summed E-state index contributed by atoms with van der Waals surface area (Å²) in [5.74, 6) is 2.16. The Hall–Kier alpha value is -3.09. The number of benzene rings is 1. The Kier molecular flexibility index (Phi) is 4.84. The molecule has 3 aliphatic carbocycles. The first-order chi connectivity index (χ1) is 15.0. The Morgan fingerprint density at radius 2 is 2.03 bits per heavy atom. The molecule has 2 aromatic rings. The van der Waals surface area contributed by atoms with Crippen LogP contribution < -0.4 is 15.1 Å². The minimum atomic E-state index is -0.118. The third-order valence-corrected chi connectivity index (χ3v) is 7.74. The summed E-state index contributed by atoms with van der Waals surface area (Å²) in [5, 5.41) is 13.9. The molecule has 2 N–H and O–H groups in total. The van der Waals surface area contributed by atoms with Crippen molar-refractivity contribution >= 4 is 5.70 Å². The minimum Gasteiger partial charge on any atom is -0.504 e. The number of methoxy groups -OCH3 is 1. The van der Waals surface area contributed by atoms with E-state index in [1.807, 2.05) is 6.07 Å². The van der Waals surface area contributed by atoms with Crippen molar-refractivity contribution in [1.82, 2.24) is 10.5 Å². The second-order valence-corrected chi connectivity index (χ2v) is 9.11. The van der Waals surface area contributed by atoms with Crippen molar-refractivity contribution in [1.29, 1.82) is 0 Å². The van der Waals surface area contributed by atoms with Gasteiger partial charge in [-0.15, -0.1) is 0 Å². The lowest BCUT2D eigenvalue weighted by atomic mass is 9.56. The maximum atomic E-state index is 11.5. The number of hydrogen-bond donors (Lipinski definition) is 2. The fourth-order valence-corrected chi connectivity index (χ4v) is 6.11. The summed E-state index contributed by atoms with van der Waals surface area (Å²) in [7, 11) is 1.57. The van der Waals surface area contributed by atoms with Gasteiger partial charge in [0.2, 0.25) is 0 Å². The van der Waals surface area contributed by atoms with E-state index in [1.54, 1.807) is 37.7 Å². The van der Waals surface area contributed by atoms with Gasteiger partial charge < -0.3 is 14.7 Å². The summed E-state index contributed by atoms with van der Waals surface area (Å²) in [6.45, 7) is 2.23. The molecule has 0 spiro atoms. The molecule has 0 saturated heterocycles. The maximum Gasteiger partial charge on any atom is 0.160 e. The topological polar surface area (TPSA) is 93.0 Å². The molecule has 0 aliphatic heterocycles. The van der Waals surface area contributed by atoms with Crippen LogP contribution in [-0.4, -0.2) is 23.2 Å². The van der Waals surface area contributed by atoms with Crippen LogP contribution in [0.2, 0.25) is 0 Å². The molecule has 1 aromatic heterocycles. The van der Waals surface area contributed by atoms with Crippen molar-refractivity contribution in [2.75, 3.05) is 7.11 Å². The SMILES string of the molecule is COc1cc2c(cc1O)C(NOc1ccncc1)=C[C@@H]1[C@@H]2CC[C@]2(C)C(N=O)CC[C@@H]12. The van der Waals surface area contributed by atoms with Crippen molar-refractivity contribution in [3.63, 3.8) is 0 Å². The summed E-state index contributed by atoms with van der Waals surface area (Å²) in [6, 6.07) is 7.14. The summed E-state index contributed by atoms with van der Waals surface area (Å²) >= 11 is 0. The quantitative estimate of drug-likeness (QED) is 0.533. The van der Waals surface area contributed by atoms with Crippen molar-refractivity contribution in [3.05, 3.63) is 58.8 Å². The minimum absolute atomic E-state index is 0.0744. The van der Waals surface area contributed by atoms with E-state index in [4.69, 9.17) is 9.57 Å². The first-order valence-corrected chi connectivity index (χ1v) is 10.8. The number of ether oxygens (including phenoxy) is 1. The van der Waals surface area contributed by atoms with Crippen LogP contribution in [0.25, 0.3) is 5.70 Å². The second-order valence-electron chi connectivity index (χ2n) is 9.11. The van der Waals surface area contributed by atoms with Crippen molar-refractivity contribution in [2.45, 2.75) is 44.6 Å². The highest BCUT2D eigenvalue weighted by molar-refractivity contribution is 5.73. The van der Waals surface area contributed by atoms with E-state index in [-0.39, 0.29) is 23.1 Å². The number of nitroso groups, excluding NO2 is 1. The highest BCUT2D eigenvalue weighted by atomic mass is 16.6. The Labute approximate surface area is 181 Å². The van der Waals surface area contributed by atoms with Gasteiger partial charge in [-0.25, -0.2) is 5.48 Å². The lowest BCUT2D eigenvalue weighted by molar-refractivity contribution is 0.0806. The monoisotopic (exact) mass is 421 g/mol. The summed E-state index contributed by atoms with van der Waals surface area (Å²) in [4.78, 5) is 21.4. The molecule has 162 valence electrons. The highest BCUT2D eigenvalue weighted by Crippen LogP contribution is 2.61. The van der Waals surface area contributed by atoms with Crippen molar-refractivity contribution < 1.29 is 14.7 Å². The zero-order valence-electron chi connectivity index (χ0n) is 17.7. The van der Waals surface area contributed by atoms with Crippen LogP contribution in [0.4, 0.5) is 0 Å². The zero-order chi connectivity index (χ0) is 21.6. The van der Waals surface area contributed by atoms with Crippen molar-refractivity contribution in [3.8, 4) is 17.2 Å². The molecule has 0 amide bonds. The maximum absolute atomic E-state index is 11.5. The molecular formula is C24H27N3O4. The first-order valence-electron chi connectivity index (χ1n) is 10.8. The fraction of sp³-hybridized carbons (Fsp3) is 0.458. The fourth-order valence-electron chi connectivity index (χ4n) is 6.11. The number of rotatable bonds is 5. The average Bonchev–Trinajstić information content (AvgIpc) is 3.14.